The van der Waals surface area contributed by atoms with Crippen LogP contribution in [0.2, 0.25) is 0 Å². The molecule has 174 valence electrons. The zero-order valence-electron chi connectivity index (χ0n) is 19.5. The lowest BCUT2D eigenvalue weighted by molar-refractivity contribution is -0.133. The van der Waals surface area contributed by atoms with Crippen LogP contribution in [0, 0.1) is 0 Å². The number of hydrogen-bond donors (Lipinski definition) is 1. The Hall–Kier alpha value is -3.00. The number of benzene rings is 1. The summed E-state index contributed by atoms with van der Waals surface area (Å²) in [6.45, 7) is 5.68. The van der Waals surface area contributed by atoms with Crippen molar-refractivity contribution in [2.75, 3.05) is 38.5 Å². The summed E-state index contributed by atoms with van der Waals surface area (Å²) < 4.78 is 0. The lowest BCUT2D eigenvalue weighted by Gasteiger charge is -2.32. The van der Waals surface area contributed by atoms with Crippen molar-refractivity contribution in [2.24, 2.45) is 0 Å². The first-order chi connectivity index (χ1) is 16.0. The summed E-state index contributed by atoms with van der Waals surface area (Å²) in [6.07, 6.45) is 3.55. The predicted octanol–water partition coefficient (Wildman–Crippen LogP) is 2.14. The van der Waals surface area contributed by atoms with E-state index in [9.17, 15) is 9.59 Å². The fourth-order valence-electron chi connectivity index (χ4n) is 5.38. The van der Waals surface area contributed by atoms with Crippen molar-refractivity contribution in [2.45, 2.75) is 51.7 Å². The molecule has 33 heavy (non-hydrogen) atoms. The highest BCUT2D eigenvalue weighted by Crippen LogP contribution is 2.33. The summed E-state index contributed by atoms with van der Waals surface area (Å²) >= 11 is 0. The summed E-state index contributed by atoms with van der Waals surface area (Å²) in [4.78, 5) is 41.0. The molecule has 1 fully saturated rings. The van der Waals surface area contributed by atoms with Gasteiger partial charge < -0.3 is 15.1 Å². The van der Waals surface area contributed by atoms with Crippen LogP contribution in [-0.4, -0.2) is 69.7 Å². The maximum atomic E-state index is 13.4. The number of anilines is 1. The fourth-order valence-corrected chi connectivity index (χ4v) is 5.38. The van der Waals surface area contributed by atoms with Gasteiger partial charge in [-0.05, 0) is 36.8 Å². The molecule has 0 aliphatic carbocycles. The van der Waals surface area contributed by atoms with E-state index in [0.29, 0.717) is 25.5 Å². The van der Waals surface area contributed by atoms with Crippen molar-refractivity contribution < 1.29 is 9.59 Å². The van der Waals surface area contributed by atoms with Gasteiger partial charge in [0, 0.05) is 45.7 Å². The number of rotatable bonds is 4. The van der Waals surface area contributed by atoms with E-state index in [2.05, 4.69) is 34.5 Å². The van der Waals surface area contributed by atoms with Gasteiger partial charge >= 0.3 is 0 Å². The number of hydrogen-bond acceptors (Lipinski definition) is 6. The number of likely N-dealkylation sites (tertiary alicyclic amines) is 1. The molecule has 5 rings (SSSR count). The van der Waals surface area contributed by atoms with E-state index in [-0.39, 0.29) is 17.9 Å². The molecule has 1 aromatic heterocycles. The van der Waals surface area contributed by atoms with Crippen LogP contribution in [0.1, 0.15) is 54.0 Å². The smallest absolute Gasteiger partial charge is 0.237 e. The lowest BCUT2D eigenvalue weighted by atomic mass is 10.00. The quantitative estimate of drug-likeness (QED) is 0.772. The maximum Gasteiger partial charge on any atom is 0.237 e. The van der Waals surface area contributed by atoms with Crippen LogP contribution in [0.15, 0.2) is 24.3 Å². The van der Waals surface area contributed by atoms with Crippen molar-refractivity contribution >= 4 is 17.6 Å². The third kappa shape index (κ3) is 4.31. The van der Waals surface area contributed by atoms with Crippen LogP contribution < -0.4 is 5.32 Å². The van der Waals surface area contributed by atoms with Gasteiger partial charge in [0.2, 0.25) is 11.8 Å². The van der Waals surface area contributed by atoms with Crippen molar-refractivity contribution in [3.8, 4) is 0 Å². The summed E-state index contributed by atoms with van der Waals surface area (Å²) in [5.74, 6) is 1.73. The minimum absolute atomic E-state index is 0.0626. The number of nitrogens with zero attached hydrogens (tertiary/aromatic N) is 5. The molecule has 0 radical (unpaired) electrons. The van der Waals surface area contributed by atoms with E-state index in [4.69, 9.17) is 9.97 Å². The Balaban J connectivity index is 1.34. The number of carbonyl (C=O) groups is 2. The highest BCUT2D eigenvalue weighted by molar-refractivity contribution is 5.79. The normalized spacial score (nSPS) is 20.4. The maximum absolute atomic E-state index is 13.4. The zero-order valence-corrected chi connectivity index (χ0v) is 19.5. The molecule has 0 unspecified atom stereocenters. The van der Waals surface area contributed by atoms with E-state index in [1.54, 1.807) is 6.92 Å². The van der Waals surface area contributed by atoms with Gasteiger partial charge in [0.15, 0.2) is 5.82 Å². The van der Waals surface area contributed by atoms with E-state index in [0.717, 1.165) is 62.4 Å². The van der Waals surface area contributed by atoms with Crippen LogP contribution in [-0.2, 0) is 35.5 Å². The molecule has 1 N–H and O–H groups in total. The van der Waals surface area contributed by atoms with Crippen molar-refractivity contribution in [1.82, 2.24) is 24.7 Å². The first-order valence-electron chi connectivity index (χ1n) is 11.9. The summed E-state index contributed by atoms with van der Waals surface area (Å²) in [6, 6.07) is 8.39. The molecule has 0 bridgehead atoms. The number of carbonyl (C=O) groups excluding carboxylic acids is 2. The molecule has 0 spiro atoms. The zero-order chi connectivity index (χ0) is 22.9. The van der Waals surface area contributed by atoms with E-state index in [1.807, 2.05) is 16.8 Å². The Morgan fingerprint density at radius 3 is 2.67 bits per heavy atom. The average Bonchev–Trinajstić information content (AvgIpc) is 3.33. The van der Waals surface area contributed by atoms with Gasteiger partial charge in [-0.3, -0.25) is 14.5 Å². The molecule has 2 amide bonds. The Morgan fingerprint density at radius 2 is 1.88 bits per heavy atom. The van der Waals surface area contributed by atoms with Crippen LogP contribution in [0.5, 0.6) is 0 Å². The van der Waals surface area contributed by atoms with E-state index in [1.165, 1.54) is 11.1 Å². The topological polar surface area (TPSA) is 81.7 Å². The Morgan fingerprint density at radius 1 is 1.06 bits per heavy atom. The molecule has 0 saturated carbocycles. The van der Waals surface area contributed by atoms with E-state index < -0.39 is 0 Å². The van der Waals surface area contributed by atoms with Crippen LogP contribution in [0.4, 0.5) is 5.82 Å². The highest BCUT2D eigenvalue weighted by Gasteiger charge is 2.34. The van der Waals surface area contributed by atoms with Crippen molar-refractivity contribution in [3.63, 3.8) is 0 Å². The second-order valence-electron chi connectivity index (χ2n) is 9.27. The van der Waals surface area contributed by atoms with Gasteiger partial charge in [-0.15, -0.1) is 0 Å². The third-order valence-corrected chi connectivity index (χ3v) is 7.20. The number of aromatic nitrogens is 2. The largest absolute Gasteiger partial charge is 0.373 e. The van der Waals surface area contributed by atoms with Crippen LogP contribution in [0.3, 0.4) is 0 Å². The van der Waals surface area contributed by atoms with Gasteiger partial charge in [0.05, 0.1) is 24.8 Å². The number of fused-ring (bicyclic) bond motifs is 2. The first kappa shape index (κ1) is 21.8. The molecule has 4 heterocycles. The van der Waals surface area contributed by atoms with Gasteiger partial charge in [-0.25, -0.2) is 9.97 Å². The van der Waals surface area contributed by atoms with Gasteiger partial charge in [0.1, 0.15) is 5.82 Å². The minimum atomic E-state index is -0.111. The minimum Gasteiger partial charge on any atom is -0.373 e. The summed E-state index contributed by atoms with van der Waals surface area (Å²) in [5.41, 5.74) is 4.70. The third-order valence-electron chi connectivity index (χ3n) is 7.20. The molecule has 1 aromatic carbocycles. The van der Waals surface area contributed by atoms with Gasteiger partial charge in [0.25, 0.3) is 0 Å². The average molecular weight is 449 g/mol. The Labute approximate surface area is 195 Å². The standard InChI is InChI=1S/C25H32N6O2/c1-17(32)30-13-10-20-21(15-30)27-25(28-24(20)26-2)22-8-5-11-31(22)23(33)16-29-12-9-18-6-3-4-7-19(18)14-29/h3-4,6-7,22H,5,8-16H2,1-2H3,(H,26,27,28)/t22-/m0/s1. The molecular formula is C25H32N6O2. The van der Waals surface area contributed by atoms with Crippen LogP contribution >= 0.6 is 0 Å². The monoisotopic (exact) mass is 448 g/mol. The molecule has 1 atom stereocenters. The second-order valence-corrected chi connectivity index (χ2v) is 9.27. The number of amides is 2. The fraction of sp³-hybridized carbons (Fsp3) is 0.520. The molecule has 2 aromatic rings. The molecule has 1 saturated heterocycles. The summed E-state index contributed by atoms with van der Waals surface area (Å²) in [5, 5.41) is 3.22. The second kappa shape index (κ2) is 9.09. The molecule has 8 heteroatoms. The number of nitrogens with one attached hydrogen (secondary N) is 1. The Bertz CT molecular complexity index is 1070. The predicted molar refractivity (Wildman–Crippen MR) is 125 cm³/mol. The van der Waals surface area contributed by atoms with Crippen LogP contribution in [0.25, 0.3) is 0 Å². The van der Waals surface area contributed by atoms with Gasteiger partial charge in [-0.1, -0.05) is 24.3 Å². The van der Waals surface area contributed by atoms with Crippen molar-refractivity contribution in [3.05, 3.63) is 52.5 Å². The molecule has 3 aliphatic rings. The first-order valence-corrected chi connectivity index (χ1v) is 11.9. The molecular weight excluding hydrogens is 416 g/mol. The summed E-state index contributed by atoms with van der Waals surface area (Å²) in [7, 11) is 1.87. The highest BCUT2D eigenvalue weighted by atomic mass is 16.2. The lowest BCUT2D eigenvalue weighted by Crippen LogP contribution is -2.42. The molecule has 3 aliphatic heterocycles. The SMILES string of the molecule is CNc1nc([C@@H]2CCCN2C(=O)CN2CCc3ccccc3C2)nc2c1CCN(C(C)=O)C2. The van der Waals surface area contributed by atoms with Gasteiger partial charge in [-0.2, -0.15) is 0 Å². The Kier molecular flexibility index (Phi) is 6.01. The molecule has 8 nitrogen and oxygen atoms in total. The van der Waals surface area contributed by atoms with E-state index >= 15 is 0 Å². The van der Waals surface area contributed by atoms with Crippen molar-refractivity contribution in [1.29, 1.82) is 0 Å².